The third-order valence-corrected chi connectivity index (χ3v) is 3.72. The van der Waals surface area contributed by atoms with Crippen molar-refractivity contribution in [2.75, 3.05) is 5.32 Å². The van der Waals surface area contributed by atoms with Crippen molar-refractivity contribution in [3.8, 4) is 0 Å². The van der Waals surface area contributed by atoms with E-state index in [1.807, 2.05) is 13.8 Å². The van der Waals surface area contributed by atoms with Crippen molar-refractivity contribution < 1.29 is 14.3 Å². The fraction of sp³-hybridized carbons (Fsp3) is 0.533. The summed E-state index contributed by atoms with van der Waals surface area (Å²) in [7, 11) is 0. The van der Waals surface area contributed by atoms with Gasteiger partial charge in [-0.15, -0.1) is 0 Å². The van der Waals surface area contributed by atoms with Crippen LogP contribution in [0, 0.1) is 11.7 Å². The molecule has 104 valence electrons. The smallest absolute Gasteiger partial charge is 0.224 e. The number of aliphatic hydroxyl groups excluding tert-OH is 1. The highest BCUT2D eigenvalue weighted by atomic mass is 19.1. The minimum atomic E-state index is -0.789. The molecule has 2 atom stereocenters. The third kappa shape index (κ3) is 2.95. The first-order chi connectivity index (χ1) is 9.02. The van der Waals surface area contributed by atoms with Crippen LogP contribution in [0.25, 0.3) is 0 Å². The minimum Gasteiger partial charge on any atom is -0.388 e. The Bertz CT molecular complexity index is 487. The topological polar surface area (TPSA) is 49.3 Å². The van der Waals surface area contributed by atoms with Gasteiger partial charge in [-0.05, 0) is 36.5 Å². The number of hydrogen-bond donors (Lipinski definition) is 2. The maximum atomic E-state index is 14.0. The zero-order chi connectivity index (χ0) is 14.0. The zero-order valence-electron chi connectivity index (χ0n) is 11.4. The first kappa shape index (κ1) is 14.0. The number of aryl methyl sites for hydroxylation is 1. The lowest BCUT2D eigenvalue weighted by Crippen LogP contribution is -2.20. The van der Waals surface area contributed by atoms with Crippen LogP contribution in [0.15, 0.2) is 12.1 Å². The summed E-state index contributed by atoms with van der Waals surface area (Å²) >= 11 is 0. The molecule has 0 spiro atoms. The van der Waals surface area contributed by atoms with Gasteiger partial charge in [-0.2, -0.15) is 0 Å². The number of fused-ring (bicyclic) bond motifs is 1. The summed E-state index contributed by atoms with van der Waals surface area (Å²) in [6.45, 7) is 3.97. The first-order valence-electron chi connectivity index (χ1n) is 6.83. The number of aliphatic hydroxyl groups is 1. The molecule has 2 N–H and O–H groups in total. The molecule has 1 aliphatic rings. The molecule has 1 aromatic rings. The van der Waals surface area contributed by atoms with Crippen molar-refractivity contribution in [1.29, 1.82) is 0 Å². The Balaban J connectivity index is 2.29. The summed E-state index contributed by atoms with van der Waals surface area (Å²) < 4.78 is 14.0. The molecule has 0 saturated heterocycles. The van der Waals surface area contributed by atoms with E-state index in [-0.39, 0.29) is 11.8 Å². The number of carbonyl (C=O) groups is 1. The SMILES string of the molecule is CCCC(C)C(O)c1cc2c(cc1F)NC(=O)CC2. The van der Waals surface area contributed by atoms with Crippen LogP contribution in [-0.4, -0.2) is 11.0 Å². The number of benzene rings is 1. The van der Waals surface area contributed by atoms with E-state index in [0.29, 0.717) is 24.1 Å². The highest BCUT2D eigenvalue weighted by molar-refractivity contribution is 5.93. The highest BCUT2D eigenvalue weighted by Crippen LogP contribution is 2.32. The average molecular weight is 265 g/mol. The molecule has 0 aromatic heterocycles. The molecule has 1 aliphatic heterocycles. The molecule has 3 nitrogen and oxygen atoms in total. The van der Waals surface area contributed by atoms with E-state index in [9.17, 15) is 14.3 Å². The van der Waals surface area contributed by atoms with Crippen LogP contribution in [0.4, 0.5) is 10.1 Å². The van der Waals surface area contributed by atoms with Crippen LogP contribution in [0.3, 0.4) is 0 Å². The number of amides is 1. The maximum Gasteiger partial charge on any atom is 0.224 e. The van der Waals surface area contributed by atoms with Gasteiger partial charge in [-0.25, -0.2) is 4.39 Å². The Morgan fingerprint density at radius 3 is 2.84 bits per heavy atom. The highest BCUT2D eigenvalue weighted by Gasteiger charge is 2.23. The molecule has 2 unspecified atom stereocenters. The Kier molecular flexibility index (Phi) is 4.20. The lowest BCUT2D eigenvalue weighted by molar-refractivity contribution is -0.116. The largest absolute Gasteiger partial charge is 0.388 e. The molecule has 4 heteroatoms. The monoisotopic (exact) mass is 265 g/mol. The molecular weight excluding hydrogens is 245 g/mol. The van der Waals surface area contributed by atoms with Crippen molar-refractivity contribution in [1.82, 2.24) is 0 Å². The second-order valence-electron chi connectivity index (χ2n) is 5.29. The van der Waals surface area contributed by atoms with Crippen molar-refractivity contribution in [2.24, 2.45) is 5.92 Å². The van der Waals surface area contributed by atoms with Crippen molar-refractivity contribution in [3.63, 3.8) is 0 Å². The van der Waals surface area contributed by atoms with Gasteiger partial charge in [0, 0.05) is 17.7 Å². The van der Waals surface area contributed by atoms with Crippen molar-refractivity contribution >= 4 is 11.6 Å². The third-order valence-electron chi connectivity index (χ3n) is 3.72. The van der Waals surface area contributed by atoms with Gasteiger partial charge in [0.1, 0.15) is 5.82 Å². The van der Waals surface area contributed by atoms with E-state index < -0.39 is 11.9 Å². The fourth-order valence-electron chi connectivity index (χ4n) is 2.57. The Morgan fingerprint density at radius 2 is 2.16 bits per heavy atom. The van der Waals surface area contributed by atoms with Gasteiger partial charge in [0.25, 0.3) is 0 Å². The second kappa shape index (κ2) is 5.70. The molecule has 1 heterocycles. The molecule has 0 fully saturated rings. The van der Waals surface area contributed by atoms with Crippen LogP contribution in [0.1, 0.15) is 50.3 Å². The van der Waals surface area contributed by atoms with Crippen LogP contribution in [0.2, 0.25) is 0 Å². The number of nitrogens with one attached hydrogen (secondary N) is 1. The second-order valence-corrected chi connectivity index (χ2v) is 5.29. The standard InChI is InChI=1S/C15H20FNO2/c1-3-4-9(2)15(19)11-7-10-5-6-14(18)17-13(10)8-12(11)16/h7-9,15,19H,3-6H2,1-2H3,(H,17,18). The summed E-state index contributed by atoms with van der Waals surface area (Å²) in [5.74, 6) is -0.508. The van der Waals surface area contributed by atoms with Crippen LogP contribution in [0.5, 0.6) is 0 Å². The summed E-state index contributed by atoms with van der Waals surface area (Å²) in [6.07, 6.45) is 2.04. The van der Waals surface area contributed by atoms with Crippen molar-refractivity contribution in [2.45, 2.75) is 45.6 Å². The zero-order valence-corrected chi connectivity index (χ0v) is 11.4. The van der Waals surface area contributed by atoms with E-state index in [4.69, 9.17) is 0 Å². The van der Waals surface area contributed by atoms with E-state index in [0.717, 1.165) is 18.4 Å². The molecule has 1 amide bonds. The van der Waals surface area contributed by atoms with Crippen LogP contribution in [-0.2, 0) is 11.2 Å². The summed E-state index contributed by atoms with van der Waals surface area (Å²) in [5, 5.41) is 12.9. The lowest BCUT2D eigenvalue weighted by atomic mass is 9.90. The molecule has 0 bridgehead atoms. The Morgan fingerprint density at radius 1 is 1.42 bits per heavy atom. The molecule has 19 heavy (non-hydrogen) atoms. The number of hydrogen-bond acceptors (Lipinski definition) is 2. The predicted molar refractivity (Wildman–Crippen MR) is 72.4 cm³/mol. The average Bonchev–Trinajstić information content (AvgIpc) is 2.37. The van der Waals surface area contributed by atoms with Gasteiger partial charge in [-0.3, -0.25) is 4.79 Å². The van der Waals surface area contributed by atoms with Gasteiger partial charge in [0.05, 0.1) is 6.10 Å². The summed E-state index contributed by atoms with van der Waals surface area (Å²) in [5.41, 5.74) is 1.78. The quantitative estimate of drug-likeness (QED) is 0.878. The first-order valence-corrected chi connectivity index (χ1v) is 6.83. The van der Waals surface area contributed by atoms with Gasteiger partial charge >= 0.3 is 0 Å². The van der Waals surface area contributed by atoms with Gasteiger partial charge < -0.3 is 10.4 Å². The van der Waals surface area contributed by atoms with Crippen LogP contribution < -0.4 is 5.32 Å². The minimum absolute atomic E-state index is 0.0238. The number of halogens is 1. The van der Waals surface area contributed by atoms with Crippen molar-refractivity contribution in [3.05, 3.63) is 29.1 Å². The normalized spacial score (nSPS) is 17.6. The fourth-order valence-corrected chi connectivity index (χ4v) is 2.57. The number of anilines is 1. The van der Waals surface area contributed by atoms with E-state index in [1.54, 1.807) is 6.07 Å². The van der Waals surface area contributed by atoms with Crippen LogP contribution >= 0.6 is 0 Å². The molecule has 0 saturated carbocycles. The molecule has 1 aromatic carbocycles. The van der Waals surface area contributed by atoms with Gasteiger partial charge in [0.15, 0.2) is 0 Å². The lowest BCUT2D eigenvalue weighted by Gasteiger charge is -2.23. The molecule has 2 rings (SSSR count). The summed E-state index contributed by atoms with van der Waals surface area (Å²) in [4.78, 5) is 11.3. The maximum absolute atomic E-state index is 14.0. The number of carbonyl (C=O) groups excluding carboxylic acids is 1. The molecule has 0 aliphatic carbocycles. The number of rotatable bonds is 4. The predicted octanol–water partition coefficient (Wildman–Crippen LogP) is 3.18. The summed E-state index contributed by atoms with van der Waals surface area (Å²) in [6, 6.07) is 3.02. The molecule has 0 radical (unpaired) electrons. The Labute approximate surface area is 112 Å². The molecular formula is C15H20FNO2. The van der Waals surface area contributed by atoms with E-state index in [1.165, 1.54) is 6.07 Å². The van der Waals surface area contributed by atoms with E-state index >= 15 is 0 Å². The van der Waals surface area contributed by atoms with E-state index in [2.05, 4.69) is 5.32 Å². The van der Waals surface area contributed by atoms with Gasteiger partial charge in [0.2, 0.25) is 5.91 Å². The Hall–Kier alpha value is -1.42. The van der Waals surface area contributed by atoms with Gasteiger partial charge in [-0.1, -0.05) is 20.3 Å².